The topological polar surface area (TPSA) is 117 Å². The third-order valence-corrected chi connectivity index (χ3v) is 7.75. The highest BCUT2D eigenvalue weighted by molar-refractivity contribution is 5.97. The smallest absolute Gasteiger partial charge is 0.246 e. The Kier molecular flexibility index (Phi) is 7.86. The Bertz CT molecular complexity index is 1530. The van der Waals surface area contributed by atoms with Gasteiger partial charge in [0, 0.05) is 42.8 Å². The van der Waals surface area contributed by atoms with Gasteiger partial charge in [0.15, 0.2) is 0 Å². The van der Waals surface area contributed by atoms with E-state index in [1.165, 1.54) is 22.4 Å². The number of amides is 1. The maximum Gasteiger partial charge on any atom is 0.246 e. The van der Waals surface area contributed by atoms with Crippen LogP contribution in [0.1, 0.15) is 28.8 Å². The largest absolute Gasteiger partial charge is 0.474 e. The summed E-state index contributed by atoms with van der Waals surface area (Å²) in [6.45, 7) is 8.14. The first-order valence-corrected chi connectivity index (χ1v) is 13.5. The molecule has 1 N–H and O–H groups in total. The SMILES string of the molecule is C=CC(=O)N1CCN(c2c(C#N)c(OCCO)nc3c2CCN(c2cccc4cccc(C)c24)C3)CC1CC#N. The van der Waals surface area contributed by atoms with Crippen molar-refractivity contribution in [2.45, 2.75) is 32.4 Å². The molecular weight excluding hydrogens is 504 g/mol. The van der Waals surface area contributed by atoms with E-state index in [1.807, 2.05) is 0 Å². The van der Waals surface area contributed by atoms with Crippen molar-refractivity contribution in [2.24, 2.45) is 0 Å². The fourth-order valence-corrected chi connectivity index (χ4v) is 5.95. The summed E-state index contributed by atoms with van der Waals surface area (Å²) in [4.78, 5) is 23.4. The molecule has 3 aromatic rings. The van der Waals surface area contributed by atoms with Crippen molar-refractivity contribution in [1.29, 1.82) is 10.5 Å². The molecule has 9 nitrogen and oxygen atoms in total. The first kappa shape index (κ1) is 27.0. The number of carbonyl (C=O) groups is 1. The summed E-state index contributed by atoms with van der Waals surface area (Å²) in [6, 6.07) is 16.8. The second-order valence-corrected chi connectivity index (χ2v) is 10.1. The zero-order chi connectivity index (χ0) is 28.2. The standard InChI is InChI=1S/C31H32N6O3/c1-3-28(39)37-15-14-36(19-23(37)10-12-32)30-24-11-13-35(20-26(24)34-31(25(30)18-33)40-17-16-38)27-9-5-8-22-7-4-6-21(2)29(22)27/h3-9,23,38H,1,10-11,13-17,19-20H2,2H3. The molecule has 2 aliphatic rings. The van der Waals surface area contributed by atoms with Gasteiger partial charge in [-0.25, -0.2) is 4.98 Å². The number of aryl methyl sites for hydroxylation is 1. The Morgan fingerprint density at radius 2 is 2.00 bits per heavy atom. The maximum absolute atomic E-state index is 12.5. The number of piperazine rings is 1. The summed E-state index contributed by atoms with van der Waals surface area (Å²) in [5, 5.41) is 31.5. The molecular formula is C31H32N6O3. The molecule has 0 aliphatic carbocycles. The van der Waals surface area contributed by atoms with Gasteiger partial charge in [0.05, 0.1) is 43.1 Å². The second kappa shape index (κ2) is 11.6. The molecule has 0 bridgehead atoms. The second-order valence-electron chi connectivity index (χ2n) is 10.1. The molecule has 0 radical (unpaired) electrons. The number of hydrogen-bond donors (Lipinski definition) is 1. The molecule has 1 unspecified atom stereocenters. The van der Waals surface area contributed by atoms with Crippen LogP contribution in [0.4, 0.5) is 11.4 Å². The Morgan fingerprint density at radius 3 is 2.73 bits per heavy atom. The van der Waals surface area contributed by atoms with E-state index in [4.69, 9.17) is 9.72 Å². The van der Waals surface area contributed by atoms with Crippen LogP contribution in [-0.2, 0) is 17.8 Å². The lowest BCUT2D eigenvalue weighted by molar-refractivity contribution is -0.128. The van der Waals surface area contributed by atoms with Crippen LogP contribution in [0, 0.1) is 29.6 Å². The Balaban J connectivity index is 1.57. The van der Waals surface area contributed by atoms with Crippen LogP contribution >= 0.6 is 0 Å². The van der Waals surface area contributed by atoms with Crippen molar-refractivity contribution in [3.63, 3.8) is 0 Å². The predicted molar refractivity (Wildman–Crippen MR) is 153 cm³/mol. The summed E-state index contributed by atoms with van der Waals surface area (Å²) in [7, 11) is 0. The molecule has 9 heteroatoms. The number of rotatable bonds is 7. The predicted octanol–water partition coefficient (Wildman–Crippen LogP) is 3.47. The van der Waals surface area contributed by atoms with E-state index in [1.54, 1.807) is 4.90 Å². The lowest BCUT2D eigenvalue weighted by Gasteiger charge is -2.43. The Hall–Kier alpha value is -4.60. The number of hydrogen-bond acceptors (Lipinski definition) is 8. The first-order chi connectivity index (χ1) is 19.5. The number of benzene rings is 2. The fourth-order valence-electron chi connectivity index (χ4n) is 5.95. The van der Waals surface area contributed by atoms with Crippen LogP contribution in [-0.4, -0.2) is 66.3 Å². The van der Waals surface area contributed by atoms with Crippen LogP contribution in [0.3, 0.4) is 0 Å². The molecule has 3 heterocycles. The molecule has 1 aromatic heterocycles. The van der Waals surface area contributed by atoms with Gasteiger partial charge < -0.3 is 24.5 Å². The normalized spacial score (nSPS) is 16.7. The van der Waals surface area contributed by atoms with Gasteiger partial charge in [-0.2, -0.15) is 10.5 Å². The molecule has 1 atom stereocenters. The number of pyridine rings is 1. The summed E-state index contributed by atoms with van der Waals surface area (Å²) in [6.07, 6.45) is 2.12. The summed E-state index contributed by atoms with van der Waals surface area (Å²) < 4.78 is 5.80. The quantitative estimate of drug-likeness (QED) is 0.457. The number of aromatic nitrogens is 1. The molecule has 2 aromatic carbocycles. The van der Waals surface area contributed by atoms with Gasteiger partial charge in [0.25, 0.3) is 0 Å². The van der Waals surface area contributed by atoms with E-state index in [2.05, 4.69) is 71.8 Å². The number of anilines is 2. The van der Waals surface area contributed by atoms with Crippen molar-refractivity contribution in [3.8, 4) is 18.0 Å². The molecule has 204 valence electrons. The zero-order valence-corrected chi connectivity index (χ0v) is 22.6. The van der Waals surface area contributed by atoms with Gasteiger partial charge in [0.2, 0.25) is 11.8 Å². The molecule has 0 saturated carbocycles. The number of aliphatic hydroxyl groups excluding tert-OH is 1. The van der Waals surface area contributed by atoms with Crippen molar-refractivity contribution in [2.75, 3.05) is 49.2 Å². The third-order valence-electron chi connectivity index (χ3n) is 7.75. The molecule has 0 spiro atoms. The lowest BCUT2D eigenvalue weighted by atomic mass is 9.95. The highest BCUT2D eigenvalue weighted by Gasteiger charge is 2.35. The van der Waals surface area contributed by atoms with Gasteiger partial charge in [-0.05, 0) is 36.4 Å². The van der Waals surface area contributed by atoms with Gasteiger partial charge >= 0.3 is 0 Å². The maximum atomic E-state index is 12.5. The van der Waals surface area contributed by atoms with Crippen LogP contribution in [0.25, 0.3) is 10.8 Å². The monoisotopic (exact) mass is 536 g/mol. The Morgan fingerprint density at radius 1 is 1.20 bits per heavy atom. The van der Waals surface area contributed by atoms with Crippen molar-refractivity contribution in [1.82, 2.24) is 9.88 Å². The lowest BCUT2D eigenvalue weighted by Crippen LogP contribution is -2.55. The van der Waals surface area contributed by atoms with E-state index in [0.29, 0.717) is 38.2 Å². The van der Waals surface area contributed by atoms with E-state index in [-0.39, 0.29) is 37.5 Å². The first-order valence-electron chi connectivity index (χ1n) is 13.5. The molecule has 40 heavy (non-hydrogen) atoms. The number of aliphatic hydroxyl groups is 1. The minimum absolute atomic E-state index is 0.0187. The van der Waals surface area contributed by atoms with Crippen molar-refractivity contribution in [3.05, 3.63) is 71.4 Å². The minimum atomic E-state index is -0.333. The number of nitriles is 2. The van der Waals surface area contributed by atoms with Crippen LogP contribution in [0.5, 0.6) is 5.88 Å². The molecule has 5 rings (SSSR count). The van der Waals surface area contributed by atoms with Crippen molar-refractivity contribution < 1.29 is 14.6 Å². The summed E-state index contributed by atoms with van der Waals surface area (Å²) in [5.41, 5.74) is 5.22. The van der Waals surface area contributed by atoms with Crippen molar-refractivity contribution >= 4 is 28.1 Å². The minimum Gasteiger partial charge on any atom is -0.474 e. The Labute approximate surface area is 234 Å². The fraction of sp³-hybridized carbons (Fsp3) is 0.355. The third kappa shape index (κ3) is 4.92. The van der Waals surface area contributed by atoms with Gasteiger partial charge in [-0.15, -0.1) is 0 Å². The average Bonchev–Trinajstić information content (AvgIpc) is 2.98. The van der Waals surface area contributed by atoms with Crippen LogP contribution in [0.15, 0.2) is 49.1 Å². The van der Waals surface area contributed by atoms with Crippen LogP contribution < -0.4 is 14.5 Å². The van der Waals surface area contributed by atoms with Gasteiger partial charge in [-0.1, -0.05) is 36.9 Å². The van der Waals surface area contributed by atoms with E-state index < -0.39 is 0 Å². The number of ether oxygens (including phenoxy) is 1. The zero-order valence-electron chi connectivity index (χ0n) is 22.6. The van der Waals surface area contributed by atoms with Gasteiger partial charge in [-0.3, -0.25) is 4.79 Å². The molecule has 1 fully saturated rings. The van der Waals surface area contributed by atoms with E-state index >= 15 is 0 Å². The summed E-state index contributed by atoms with van der Waals surface area (Å²) in [5.74, 6) is -0.00663. The van der Waals surface area contributed by atoms with E-state index in [9.17, 15) is 20.4 Å². The van der Waals surface area contributed by atoms with E-state index in [0.717, 1.165) is 29.2 Å². The molecule has 1 saturated heterocycles. The highest BCUT2D eigenvalue weighted by atomic mass is 16.5. The number of carbonyl (C=O) groups excluding carboxylic acids is 1. The van der Waals surface area contributed by atoms with Crippen LogP contribution in [0.2, 0.25) is 0 Å². The molecule has 2 aliphatic heterocycles. The highest BCUT2D eigenvalue weighted by Crippen LogP contribution is 2.39. The molecule has 1 amide bonds. The number of fused-ring (bicyclic) bond motifs is 2. The summed E-state index contributed by atoms with van der Waals surface area (Å²) >= 11 is 0. The average molecular weight is 537 g/mol. The number of nitrogens with zero attached hydrogens (tertiary/aromatic N) is 6. The van der Waals surface area contributed by atoms with Gasteiger partial charge in [0.1, 0.15) is 18.2 Å².